The van der Waals surface area contributed by atoms with Crippen LogP contribution in [0.25, 0.3) is 0 Å². The molecule has 0 heterocycles. The van der Waals surface area contributed by atoms with Gasteiger partial charge in [-0.2, -0.15) is 0 Å². The van der Waals surface area contributed by atoms with Gasteiger partial charge in [0, 0.05) is 6.54 Å². The molecular formula is C7H14N2O2. The SMILES string of the molecule is C=NCCCCC(N)C(=O)O. The van der Waals surface area contributed by atoms with Crippen LogP contribution in [0.2, 0.25) is 0 Å². The third-order valence-corrected chi connectivity index (χ3v) is 1.40. The van der Waals surface area contributed by atoms with Crippen molar-refractivity contribution in [2.24, 2.45) is 10.7 Å². The van der Waals surface area contributed by atoms with E-state index in [0.29, 0.717) is 13.0 Å². The molecule has 0 saturated heterocycles. The number of nitrogens with two attached hydrogens (primary N) is 1. The van der Waals surface area contributed by atoms with Gasteiger partial charge in [-0.1, -0.05) is 0 Å². The minimum absolute atomic E-state index is 0.519. The summed E-state index contributed by atoms with van der Waals surface area (Å²) in [6.07, 6.45) is 2.18. The standard InChI is InChI=1S/C7H14N2O2/c1-9-5-3-2-4-6(8)7(10)11/h6H,1-5,8H2,(H,10,11). The molecule has 1 atom stereocenters. The Kier molecular flexibility index (Phi) is 5.37. The average molecular weight is 158 g/mol. The zero-order chi connectivity index (χ0) is 8.69. The van der Waals surface area contributed by atoms with Gasteiger partial charge in [-0.25, -0.2) is 0 Å². The largest absolute Gasteiger partial charge is 0.480 e. The number of hydrogen-bond acceptors (Lipinski definition) is 3. The molecule has 0 aliphatic rings. The molecule has 0 amide bonds. The minimum Gasteiger partial charge on any atom is -0.480 e. The lowest BCUT2D eigenvalue weighted by Gasteiger charge is -2.03. The number of hydrogen-bond donors (Lipinski definition) is 2. The van der Waals surface area contributed by atoms with Crippen molar-refractivity contribution >= 4 is 12.7 Å². The minimum atomic E-state index is -0.934. The smallest absolute Gasteiger partial charge is 0.320 e. The van der Waals surface area contributed by atoms with Crippen LogP contribution in [0.15, 0.2) is 4.99 Å². The molecule has 4 nitrogen and oxygen atoms in total. The Bertz CT molecular complexity index is 136. The first kappa shape index (κ1) is 10.1. The van der Waals surface area contributed by atoms with Gasteiger partial charge < -0.3 is 15.8 Å². The quantitative estimate of drug-likeness (QED) is 0.430. The van der Waals surface area contributed by atoms with Crippen LogP contribution >= 0.6 is 0 Å². The predicted molar refractivity (Wildman–Crippen MR) is 43.9 cm³/mol. The van der Waals surface area contributed by atoms with E-state index < -0.39 is 12.0 Å². The first-order chi connectivity index (χ1) is 5.18. The van der Waals surface area contributed by atoms with Crippen molar-refractivity contribution in [3.63, 3.8) is 0 Å². The monoisotopic (exact) mass is 158 g/mol. The van der Waals surface area contributed by atoms with Crippen molar-refractivity contribution in [3.05, 3.63) is 0 Å². The van der Waals surface area contributed by atoms with Crippen LogP contribution in [-0.2, 0) is 4.79 Å². The van der Waals surface area contributed by atoms with Gasteiger partial charge in [0.1, 0.15) is 6.04 Å². The van der Waals surface area contributed by atoms with Crippen LogP contribution in [0.3, 0.4) is 0 Å². The van der Waals surface area contributed by atoms with Crippen LogP contribution in [-0.4, -0.2) is 30.4 Å². The van der Waals surface area contributed by atoms with Gasteiger partial charge in [0.2, 0.25) is 0 Å². The van der Waals surface area contributed by atoms with E-state index in [-0.39, 0.29) is 0 Å². The lowest BCUT2D eigenvalue weighted by atomic mass is 10.1. The van der Waals surface area contributed by atoms with E-state index in [2.05, 4.69) is 11.7 Å². The van der Waals surface area contributed by atoms with Gasteiger partial charge in [-0.05, 0) is 26.0 Å². The average Bonchev–Trinajstić information content (AvgIpc) is 1.97. The molecule has 4 heteroatoms. The molecule has 0 rings (SSSR count). The van der Waals surface area contributed by atoms with Crippen molar-refractivity contribution < 1.29 is 9.90 Å². The second-order valence-electron chi connectivity index (χ2n) is 2.39. The molecule has 64 valence electrons. The number of aliphatic carboxylic acids is 1. The number of carbonyl (C=O) groups is 1. The van der Waals surface area contributed by atoms with E-state index in [1.54, 1.807) is 0 Å². The number of rotatable bonds is 6. The molecule has 0 aliphatic carbocycles. The van der Waals surface area contributed by atoms with Crippen molar-refractivity contribution in [1.82, 2.24) is 0 Å². The second kappa shape index (κ2) is 5.85. The van der Waals surface area contributed by atoms with Gasteiger partial charge >= 0.3 is 5.97 Å². The maximum absolute atomic E-state index is 10.2. The van der Waals surface area contributed by atoms with Gasteiger partial charge in [0.25, 0.3) is 0 Å². The summed E-state index contributed by atoms with van der Waals surface area (Å²) in [5, 5.41) is 8.38. The summed E-state index contributed by atoms with van der Waals surface area (Å²) in [6, 6.07) is -0.722. The highest BCUT2D eigenvalue weighted by Gasteiger charge is 2.09. The molecule has 0 aromatic carbocycles. The van der Waals surface area contributed by atoms with Gasteiger partial charge in [-0.15, -0.1) is 0 Å². The summed E-state index contributed by atoms with van der Waals surface area (Å²) < 4.78 is 0. The second-order valence-corrected chi connectivity index (χ2v) is 2.39. The summed E-state index contributed by atoms with van der Waals surface area (Å²) >= 11 is 0. The van der Waals surface area contributed by atoms with Crippen molar-refractivity contribution in [2.75, 3.05) is 6.54 Å². The fraction of sp³-hybridized carbons (Fsp3) is 0.714. The number of nitrogens with zero attached hydrogens (tertiary/aromatic N) is 1. The first-order valence-corrected chi connectivity index (χ1v) is 3.59. The van der Waals surface area contributed by atoms with E-state index >= 15 is 0 Å². The van der Waals surface area contributed by atoms with Gasteiger partial charge in [0.05, 0.1) is 0 Å². The van der Waals surface area contributed by atoms with Crippen molar-refractivity contribution in [1.29, 1.82) is 0 Å². The number of carboxylic acid groups (broad SMARTS) is 1. The predicted octanol–water partition coefficient (Wildman–Crippen LogP) is 0.269. The topological polar surface area (TPSA) is 75.7 Å². The molecule has 0 radical (unpaired) electrons. The van der Waals surface area contributed by atoms with Crippen LogP contribution in [0.5, 0.6) is 0 Å². The number of carboxylic acids is 1. The Morgan fingerprint density at radius 2 is 2.27 bits per heavy atom. The summed E-state index contributed by atoms with van der Waals surface area (Å²) in [5.41, 5.74) is 5.25. The third-order valence-electron chi connectivity index (χ3n) is 1.40. The zero-order valence-electron chi connectivity index (χ0n) is 6.49. The molecule has 11 heavy (non-hydrogen) atoms. The van der Waals surface area contributed by atoms with Crippen LogP contribution in [0.4, 0.5) is 0 Å². The lowest BCUT2D eigenvalue weighted by molar-refractivity contribution is -0.138. The lowest BCUT2D eigenvalue weighted by Crippen LogP contribution is -2.29. The maximum Gasteiger partial charge on any atom is 0.320 e. The zero-order valence-corrected chi connectivity index (χ0v) is 6.49. The first-order valence-electron chi connectivity index (χ1n) is 3.59. The summed E-state index contributed by atoms with van der Waals surface area (Å²) in [7, 11) is 0. The molecule has 0 fully saturated rings. The molecule has 0 saturated carbocycles. The number of unbranched alkanes of at least 4 members (excludes halogenated alkanes) is 1. The highest BCUT2D eigenvalue weighted by atomic mass is 16.4. The van der Waals surface area contributed by atoms with E-state index in [1.807, 2.05) is 0 Å². The van der Waals surface area contributed by atoms with Gasteiger partial charge in [0.15, 0.2) is 0 Å². The molecular weight excluding hydrogens is 144 g/mol. The van der Waals surface area contributed by atoms with Crippen LogP contribution in [0, 0.1) is 0 Å². The molecule has 0 aromatic rings. The Morgan fingerprint density at radius 1 is 1.64 bits per heavy atom. The molecule has 0 aromatic heterocycles. The highest BCUT2D eigenvalue weighted by Crippen LogP contribution is 1.98. The number of aliphatic imine (C=N–C) groups is 1. The Morgan fingerprint density at radius 3 is 2.73 bits per heavy atom. The van der Waals surface area contributed by atoms with Crippen molar-refractivity contribution in [3.8, 4) is 0 Å². The van der Waals surface area contributed by atoms with Crippen molar-refractivity contribution in [2.45, 2.75) is 25.3 Å². The van der Waals surface area contributed by atoms with Gasteiger partial charge in [-0.3, -0.25) is 4.79 Å². The summed E-state index contributed by atoms with van der Waals surface area (Å²) in [4.78, 5) is 13.8. The molecule has 3 N–H and O–H groups in total. The molecule has 0 spiro atoms. The Labute approximate surface area is 66.1 Å². The van der Waals surface area contributed by atoms with E-state index in [1.165, 1.54) is 0 Å². The van der Waals surface area contributed by atoms with E-state index in [4.69, 9.17) is 10.8 Å². The van der Waals surface area contributed by atoms with Crippen LogP contribution < -0.4 is 5.73 Å². The molecule has 0 aliphatic heterocycles. The highest BCUT2D eigenvalue weighted by molar-refractivity contribution is 5.72. The van der Waals surface area contributed by atoms with E-state index in [0.717, 1.165) is 12.8 Å². The normalized spacial score (nSPS) is 12.5. The Balaban J connectivity index is 3.24. The molecule has 1 unspecified atom stereocenters. The van der Waals surface area contributed by atoms with Crippen LogP contribution in [0.1, 0.15) is 19.3 Å². The summed E-state index contributed by atoms with van der Waals surface area (Å²) in [6.45, 7) is 4.00. The fourth-order valence-electron chi connectivity index (χ4n) is 0.711. The third kappa shape index (κ3) is 5.54. The maximum atomic E-state index is 10.2. The molecule has 0 bridgehead atoms. The fourth-order valence-corrected chi connectivity index (χ4v) is 0.711. The summed E-state index contributed by atoms with van der Waals surface area (Å²) in [5.74, 6) is -0.934. The Hall–Kier alpha value is -0.900. The van der Waals surface area contributed by atoms with E-state index in [9.17, 15) is 4.79 Å².